The molecule has 0 aliphatic heterocycles. The lowest BCUT2D eigenvalue weighted by Crippen LogP contribution is -1.89. The van der Waals surface area contributed by atoms with Crippen molar-refractivity contribution >= 4 is 18.8 Å². The topological polar surface area (TPSA) is 32.6 Å². The molecule has 0 aliphatic rings. The van der Waals surface area contributed by atoms with Gasteiger partial charge in [0.25, 0.3) is 0 Å². The second-order valence-corrected chi connectivity index (χ2v) is 2.80. The van der Waals surface area contributed by atoms with E-state index < -0.39 is 0 Å². The van der Waals surface area contributed by atoms with Gasteiger partial charge < -0.3 is 5.11 Å². The number of hydrogen-bond donors (Lipinski definition) is 2. The lowest BCUT2D eigenvalue weighted by molar-refractivity contribution is 0.307. The quantitative estimate of drug-likeness (QED) is 0.536. The molecule has 12 heavy (non-hydrogen) atoms. The summed E-state index contributed by atoms with van der Waals surface area (Å²) < 4.78 is 0. The van der Waals surface area contributed by atoms with Gasteiger partial charge in [0.05, 0.1) is 13.2 Å². The number of rotatable bonds is 3. The summed E-state index contributed by atoms with van der Waals surface area (Å²) in [5, 5.41) is 8.48. The lowest BCUT2D eigenvalue weighted by atomic mass is 10.2. The zero-order valence-corrected chi connectivity index (χ0v) is 7.54. The van der Waals surface area contributed by atoms with Crippen LogP contribution in [0.4, 0.5) is 0 Å². The van der Waals surface area contributed by atoms with Crippen LogP contribution in [0.15, 0.2) is 34.2 Å². The van der Waals surface area contributed by atoms with Gasteiger partial charge in [0.2, 0.25) is 0 Å². The maximum Gasteiger partial charge on any atom is 0.0626 e. The van der Waals surface area contributed by atoms with E-state index in [1.807, 2.05) is 24.3 Å². The molecule has 2 nitrogen and oxygen atoms in total. The first-order valence-electron chi connectivity index (χ1n) is 3.73. The molecule has 0 aliphatic carbocycles. The molecular formula is C9H11NOS. The fourth-order valence-electron chi connectivity index (χ4n) is 0.817. The average molecular weight is 181 g/mol. The van der Waals surface area contributed by atoms with Crippen molar-refractivity contribution < 1.29 is 5.11 Å². The van der Waals surface area contributed by atoms with Crippen LogP contribution in [-0.4, -0.2) is 24.5 Å². The smallest absolute Gasteiger partial charge is 0.0626 e. The Morgan fingerprint density at radius 2 is 2.17 bits per heavy atom. The van der Waals surface area contributed by atoms with Crippen molar-refractivity contribution in [3.05, 3.63) is 29.8 Å². The molecule has 1 aromatic carbocycles. The Balaban J connectivity index is 2.68. The number of aliphatic hydroxyl groups is 1. The van der Waals surface area contributed by atoms with Crippen LogP contribution in [0.5, 0.6) is 0 Å². The number of aliphatic imine (C=N–C) groups is 1. The van der Waals surface area contributed by atoms with Gasteiger partial charge in [-0.05, 0) is 6.07 Å². The van der Waals surface area contributed by atoms with Gasteiger partial charge in [-0.1, -0.05) is 18.2 Å². The van der Waals surface area contributed by atoms with E-state index in [1.54, 1.807) is 6.21 Å². The van der Waals surface area contributed by atoms with Crippen LogP contribution in [0.3, 0.4) is 0 Å². The van der Waals surface area contributed by atoms with Crippen LogP contribution in [0.1, 0.15) is 5.56 Å². The summed E-state index contributed by atoms with van der Waals surface area (Å²) in [6.45, 7) is 0.535. The molecule has 1 aromatic rings. The molecule has 0 radical (unpaired) electrons. The van der Waals surface area contributed by atoms with E-state index >= 15 is 0 Å². The van der Waals surface area contributed by atoms with Crippen LogP contribution in [0.25, 0.3) is 0 Å². The molecule has 0 spiro atoms. The first-order valence-corrected chi connectivity index (χ1v) is 4.18. The van der Waals surface area contributed by atoms with Gasteiger partial charge in [0.15, 0.2) is 0 Å². The molecule has 1 rings (SSSR count). The van der Waals surface area contributed by atoms with E-state index in [0.717, 1.165) is 10.5 Å². The fraction of sp³-hybridized carbons (Fsp3) is 0.222. The fourth-order valence-corrected chi connectivity index (χ4v) is 1.04. The molecule has 0 saturated carbocycles. The van der Waals surface area contributed by atoms with Gasteiger partial charge >= 0.3 is 0 Å². The second-order valence-electron chi connectivity index (χ2n) is 2.32. The first-order chi connectivity index (χ1) is 5.84. The Morgan fingerprint density at radius 3 is 2.83 bits per heavy atom. The van der Waals surface area contributed by atoms with Crippen molar-refractivity contribution in [3.63, 3.8) is 0 Å². The second kappa shape index (κ2) is 4.95. The zero-order valence-electron chi connectivity index (χ0n) is 6.64. The summed E-state index contributed by atoms with van der Waals surface area (Å²) in [5.74, 6) is 0. The molecule has 0 aromatic heterocycles. The van der Waals surface area contributed by atoms with Gasteiger partial charge in [-0.2, -0.15) is 0 Å². The lowest BCUT2D eigenvalue weighted by Gasteiger charge is -1.95. The van der Waals surface area contributed by atoms with Gasteiger partial charge in [-0.3, -0.25) is 4.99 Å². The Bertz CT molecular complexity index is 273. The minimum absolute atomic E-state index is 0.0885. The highest BCUT2D eigenvalue weighted by molar-refractivity contribution is 7.80. The molecule has 0 unspecified atom stereocenters. The molecule has 0 saturated heterocycles. The number of hydrogen-bond acceptors (Lipinski definition) is 3. The van der Waals surface area contributed by atoms with Gasteiger partial charge in [-0.15, -0.1) is 12.6 Å². The largest absolute Gasteiger partial charge is 0.394 e. The summed E-state index contributed by atoms with van der Waals surface area (Å²) in [6, 6.07) is 7.69. The standard InChI is InChI=1S/C9H11NOS/c11-6-5-10-7-8-3-1-2-4-9(8)12/h1-4,7,11-12H,5-6H2. The van der Waals surface area contributed by atoms with Crippen LogP contribution in [0, 0.1) is 0 Å². The third-order valence-electron chi connectivity index (χ3n) is 1.40. The molecule has 0 bridgehead atoms. The highest BCUT2D eigenvalue weighted by atomic mass is 32.1. The van der Waals surface area contributed by atoms with Crippen molar-refractivity contribution in [2.75, 3.05) is 13.2 Å². The summed E-state index contributed by atoms with van der Waals surface area (Å²) >= 11 is 4.25. The van der Waals surface area contributed by atoms with Crippen LogP contribution in [0.2, 0.25) is 0 Å². The van der Waals surface area contributed by atoms with Crippen LogP contribution < -0.4 is 0 Å². The summed E-state index contributed by atoms with van der Waals surface area (Å²) in [6.07, 6.45) is 1.72. The summed E-state index contributed by atoms with van der Waals surface area (Å²) in [4.78, 5) is 4.90. The third kappa shape index (κ3) is 2.68. The number of nitrogens with zero attached hydrogens (tertiary/aromatic N) is 1. The molecule has 0 atom stereocenters. The minimum Gasteiger partial charge on any atom is -0.394 e. The van der Waals surface area contributed by atoms with E-state index in [1.165, 1.54) is 0 Å². The predicted molar refractivity (Wildman–Crippen MR) is 53.2 cm³/mol. The number of benzene rings is 1. The molecule has 1 N–H and O–H groups in total. The Labute approximate surface area is 77.4 Å². The minimum atomic E-state index is 0.0885. The number of aliphatic hydroxyl groups excluding tert-OH is 1. The monoisotopic (exact) mass is 181 g/mol. The highest BCUT2D eigenvalue weighted by Crippen LogP contribution is 2.09. The van der Waals surface area contributed by atoms with E-state index in [4.69, 9.17) is 5.11 Å². The molecular weight excluding hydrogens is 170 g/mol. The molecule has 0 fully saturated rings. The van der Waals surface area contributed by atoms with E-state index in [0.29, 0.717) is 6.54 Å². The first kappa shape index (κ1) is 9.29. The maximum absolute atomic E-state index is 8.48. The average Bonchev–Trinajstić information content (AvgIpc) is 2.09. The van der Waals surface area contributed by atoms with Crippen LogP contribution >= 0.6 is 12.6 Å². The van der Waals surface area contributed by atoms with Gasteiger partial charge in [0, 0.05) is 16.7 Å². The van der Waals surface area contributed by atoms with Gasteiger partial charge in [-0.25, -0.2) is 0 Å². The Morgan fingerprint density at radius 1 is 1.42 bits per heavy atom. The van der Waals surface area contributed by atoms with Crippen molar-refractivity contribution in [2.45, 2.75) is 4.90 Å². The zero-order chi connectivity index (χ0) is 8.81. The van der Waals surface area contributed by atoms with E-state index in [-0.39, 0.29) is 6.61 Å². The summed E-state index contributed by atoms with van der Waals surface area (Å²) in [5.41, 5.74) is 0.981. The number of thiol groups is 1. The van der Waals surface area contributed by atoms with Gasteiger partial charge in [0.1, 0.15) is 0 Å². The van der Waals surface area contributed by atoms with Crippen molar-refractivity contribution in [1.29, 1.82) is 0 Å². The Hall–Kier alpha value is -0.800. The van der Waals surface area contributed by atoms with E-state index in [9.17, 15) is 0 Å². The van der Waals surface area contributed by atoms with E-state index in [2.05, 4.69) is 17.6 Å². The van der Waals surface area contributed by atoms with Crippen molar-refractivity contribution in [2.24, 2.45) is 4.99 Å². The Kier molecular flexibility index (Phi) is 3.84. The SMILES string of the molecule is OCCN=Cc1ccccc1S. The third-order valence-corrected chi connectivity index (χ3v) is 1.80. The maximum atomic E-state index is 8.48. The molecule has 0 heterocycles. The normalized spacial score (nSPS) is 10.8. The van der Waals surface area contributed by atoms with Crippen molar-refractivity contribution in [1.82, 2.24) is 0 Å². The van der Waals surface area contributed by atoms with Crippen molar-refractivity contribution in [3.8, 4) is 0 Å². The summed E-state index contributed by atoms with van der Waals surface area (Å²) in [7, 11) is 0. The predicted octanol–water partition coefficient (Wildman–Crippen LogP) is 1.39. The molecule has 3 heteroatoms. The molecule has 64 valence electrons. The van der Waals surface area contributed by atoms with Crippen LogP contribution in [-0.2, 0) is 0 Å². The molecule has 0 amide bonds. The highest BCUT2D eigenvalue weighted by Gasteiger charge is 1.91.